The Bertz CT molecular complexity index is 923. The van der Waals surface area contributed by atoms with Crippen LogP contribution in [0, 0.1) is 19.8 Å². The molecule has 0 bridgehead atoms. The zero-order valence-corrected chi connectivity index (χ0v) is 16.6. The number of carbonyl (C=O) groups is 1. The van der Waals surface area contributed by atoms with Gasteiger partial charge in [-0.3, -0.25) is 4.79 Å². The van der Waals surface area contributed by atoms with Gasteiger partial charge < -0.3 is 9.88 Å². The second kappa shape index (κ2) is 7.04. The minimum atomic E-state index is -0.0630. The number of hydrogen-bond donors (Lipinski definition) is 1. The first-order valence-electron chi connectivity index (χ1n) is 8.53. The van der Waals surface area contributed by atoms with Gasteiger partial charge in [0.1, 0.15) is 0 Å². The number of anilines is 1. The maximum Gasteiger partial charge on any atom is 0.258 e. The highest BCUT2D eigenvalue weighted by Gasteiger charge is 2.20. The number of carbonyl (C=O) groups excluding carboxylic acids is 1. The number of nitrogens with one attached hydrogen (secondary N) is 1. The van der Waals surface area contributed by atoms with E-state index in [0.29, 0.717) is 5.92 Å². The van der Waals surface area contributed by atoms with Gasteiger partial charge in [-0.2, -0.15) is 0 Å². The van der Waals surface area contributed by atoms with E-state index in [1.807, 2.05) is 50.2 Å². The monoisotopic (exact) mass is 398 g/mol. The summed E-state index contributed by atoms with van der Waals surface area (Å²) in [6.45, 7) is 9.33. The molecule has 1 N–H and O–H groups in total. The van der Waals surface area contributed by atoms with Gasteiger partial charge >= 0.3 is 0 Å². The second-order valence-corrected chi connectivity index (χ2v) is 7.86. The van der Waals surface area contributed by atoms with E-state index in [4.69, 9.17) is 0 Å². The Kier molecular flexibility index (Phi) is 5.00. The average molecular weight is 399 g/mol. The zero-order chi connectivity index (χ0) is 18.1. The predicted molar refractivity (Wildman–Crippen MR) is 108 cm³/mol. The van der Waals surface area contributed by atoms with E-state index in [2.05, 4.69) is 45.7 Å². The van der Waals surface area contributed by atoms with Crippen molar-refractivity contribution in [3.8, 4) is 0 Å². The lowest BCUT2D eigenvalue weighted by Crippen LogP contribution is -2.14. The molecule has 3 rings (SSSR count). The molecular formula is C21H23BrN2O. The Balaban J connectivity index is 2.07. The van der Waals surface area contributed by atoms with E-state index in [1.54, 1.807) is 0 Å². The molecular weight excluding hydrogens is 376 g/mol. The van der Waals surface area contributed by atoms with Crippen molar-refractivity contribution in [3.05, 3.63) is 63.8 Å². The quantitative estimate of drug-likeness (QED) is 0.580. The minimum absolute atomic E-state index is 0.0630. The number of aromatic nitrogens is 1. The molecule has 1 heterocycles. The highest BCUT2D eigenvalue weighted by molar-refractivity contribution is 9.10. The topological polar surface area (TPSA) is 34.0 Å². The van der Waals surface area contributed by atoms with Crippen LogP contribution in [-0.4, -0.2) is 10.5 Å². The number of amides is 1. The molecule has 130 valence electrons. The molecule has 0 saturated heterocycles. The number of aryl methyl sites for hydroxylation is 1. The molecule has 0 radical (unpaired) electrons. The van der Waals surface area contributed by atoms with Gasteiger partial charge in [0.2, 0.25) is 0 Å². The summed E-state index contributed by atoms with van der Waals surface area (Å²) in [5.74, 6) is 0.443. The predicted octanol–water partition coefficient (Wildman–Crippen LogP) is 5.93. The third kappa shape index (κ3) is 3.64. The highest BCUT2D eigenvalue weighted by atomic mass is 79.9. The molecule has 0 atom stereocenters. The van der Waals surface area contributed by atoms with Crippen LogP contribution in [0.3, 0.4) is 0 Å². The standard InChI is InChI=1S/C21H23BrN2O/c1-13(2)12-24-15(4)20(18-11-16(22)7-10-19(18)24)21(25)23-17-8-5-14(3)6-9-17/h5-11,13H,12H2,1-4H3,(H,23,25). The summed E-state index contributed by atoms with van der Waals surface area (Å²) in [6, 6.07) is 14.0. The summed E-state index contributed by atoms with van der Waals surface area (Å²) in [4.78, 5) is 13.0. The molecule has 0 unspecified atom stereocenters. The first-order chi connectivity index (χ1) is 11.9. The molecule has 0 aliphatic rings. The Hall–Kier alpha value is -2.07. The first-order valence-corrected chi connectivity index (χ1v) is 9.32. The van der Waals surface area contributed by atoms with E-state index in [0.717, 1.165) is 38.9 Å². The molecule has 1 aromatic heterocycles. The van der Waals surface area contributed by atoms with Crippen molar-refractivity contribution < 1.29 is 4.79 Å². The van der Waals surface area contributed by atoms with Crippen molar-refractivity contribution >= 4 is 38.4 Å². The molecule has 0 saturated carbocycles. The first kappa shape index (κ1) is 17.7. The van der Waals surface area contributed by atoms with E-state index >= 15 is 0 Å². The molecule has 25 heavy (non-hydrogen) atoms. The van der Waals surface area contributed by atoms with Crippen molar-refractivity contribution in [1.82, 2.24) is 4.57 Å². The lowest BCUT2D eigenvalue weighted by molar-refractivity contribution is 0.102. The normalized spacial score (nSPS) is 11.3. The Morgan fingerprint density at radius 2 is 1.80 bits per heavy atom. The number of halogens is 1. The fourth-order valence-electron chi connectivity index (χ4n) is 3.17. The number of benzene rings is 2. The Morgan fingerprint density at radius 1 is 1.12 bits per heavy atom. The van der Waals surface area contributed by atoms with Crippen molar-refractivity contribution in [2.75, 3.05) is 5.32 Å². The van der Waals surface area contributed by atoms with E-state index in [9.17, 15) is 4.79 Å². The van der Waals surface area contributed by atoms with Crippen molar-refractivity contribution in [2.45, 2.75) is 34.2 Å². The van der Waals surface area contributed by atoms with Crippen LogP contribution in [0.5, 0.6) is 0 Å². The summed E-state index contributed by atoms with van der Waals surface area (Å²) in [5.41, 5.74) is 4.84. The van der Waals surface area contributed by atoms with Gasteiger partial charge in [0.15, 0.2) is 0 Å². The van der Waals surface area contributed by atoms with Crippen LogP contribution in [0.15, 0.2) is 46.9 Å². The lowest BCUT2D eigenvalue weighted by atomic mass is 10.1. The Morgan fingerprint density at radius 3 is 2.44 bits per heavy atom. The van der Waals surface area contributed by atoms with Gasteiger partial charge in [-0.25, -0.2) is 0 Å². The number of hydrogen-bond acceptors (Lipinski definition) is 1. The highest BCUT2D eigenvalue weighted by Crippen LogP contribution is 2.30. The zero-order valence-electron chi connectivity index (χ0n) is 15.1. The summed E-state index contributed by atoms with van der Waals surface area (Å²) < 4.78 is 3.22. The maximum atomic E-state index is 13.0. The van der Waals surface area contributed by atoms with Crippen LogP contribution < -0.4 is 5.32 Å². The third-order valence-corrected chi connectivity index (χ3v) is 4.86. The largest absolute Gasteiger partial charge is 0.344 e. The molecule has 0 fully saturated rings. The van der Waals surface area contributed by atoms with Gasteiger partial charge in [-0.1, -0.05) is 47.5 Å². The van der Waals surface area contributed by atoms with Crippen LogP contribution in [0.1, 0.15) is 35.5 Å². The molecule has 3 nitrogen and oxygen atoms in total. The molecule has 0 aliphatic heterocycles. The summed E-state index contributed by atoms with van der Waals surface area (Å²) in [7, 11) is 0. The van der Waals surface area contributed by atoms with E-state index < -0.39 is 0 Å². The maximum absolute atomic E-state index is 13.0. The van der Waals surface area contributed by atoms with Crippen LogP contribution in [0.4, 0.5) is 5.69 Å². The summed E-state index contributed by atoms with van der Waals surface area (Å²) >= 11 is 3.53. The SMILES string of the molecule is Cc1ccc(NC(=O)c2c(C)n(CC(C)C)c3ccc(Br)cc23)cc1. The third-order valence-electron chi connectivity index (χ3n) is 4.37. The average Bonchev–Trinajstić information content (AvgIpc) is 2.80. The minimum Gasteiger partial charge on any atom is -0.344 e. The summed E-state index contributed by atoms with van der Waals surface area (Å²) in [5, 5.41) is 4.02. The van der Waals surface area contributed by atoms with Crippen LogP contribution in [-0.2, 0) is 6.54 Å². The lowest BCUT2D eigenvalue weighted by Gasteiger charge is -2.11. The van der Waals surface area contributed by atoms with Gasteiger partial charge in [0.05, 0.1) is 5.56 Å². The molecule has 1 amide bonds. The number of rotatable bonds is 4. The van der Waals surface area contributed by atoms with Crippen LogP contribution in [0.2, 0.25) is 0 Å². The number of fused-ring (bicyclic) bond motifs is 1. The van der Waals surface area contributed by atoms with Gasteiger partial charge in [-0.05, 0) is 50.1 Å². The van der Waals surface area contributed by atoms with Crippen LogP contribution >= 0.6 is 15.9 Å². The van der Waals surface area contributed by atoms with Gasteiger partial charge in [-0.15, -0.1) is 0 Å². The Labute approximate surface area is 157 Å². The van der Waals surface area contributed by atoms with Gasteiger partial charge in [0, 0.05) is 33.3 Å². The molecule has 2 aromatic carbocycles. The fourth-order valence-corrected chi connectivity index (χ4v) is 3.53. The second-order valence-electron chi connectivity index (χ2n) is 6.95. The molecule has 0 aliphatic carbocycles. The fraction of sp³-hybridized carbons (Fsp3) is 0.286. The van der Waals surface area contributed by atoms with E-state index in [1.165, 1.54) is 5.56 Å². The molecule has 0 spiro atoms. The summed E-state index contributed by atoms with van der Waals surface area (Å²) in [6.07, 6.45) is 0. The molecule has 4 heteroatoms. The van der Waals surface area contributed by atoms with E-state index in [-0.39, 0.29) is 5.91 Å². The van der Waals surface area contributed by atoms with Crippen molar-refractivity contribution in [2.24, 2.45) is 5.92 Å². The molecule has 3 aromatic rings. The van der Waals surface area contributed by atoms with Crippen LogP contribution in [0.25, 0.3) is 10.9 Å². The number of nitrogens with zero attached hydrogens (tertiary/aromatic N) is 1. The van der Waals surface area contributed by atoms with Gasteiger partial charge in [0.25, 0.3) is 5.91 Å². The van der Waals surface area contributed by atoms with Crippen molar-refractivity contribution in [1.29, 1.82) is 0 Å². The van der Waals surface area contributed by atoms with Crippen molar-refractivity contribution in [3.63, 3.8) is 0 Å². The smallest absolute Gasteiger partial charge is 0.258 e.